The van der Waals surface area contributed by atoms with Crippen molar-refractivity contribution in [2.45, 2.75) is 77.6 Å². The Bertz CT molecular complexity index is 861. The van der Waals surface area contributed by atoms with E-state index in [2.05, 4.69) is 58.1 Å². The molecule has 0 bridgehead atoms. The molecule has 1 heterocycles. The highest BCUT2D eigenvalue weighted by atomic mass is 28.4. The molecule has 0 amide bonds. The van der Waals surface area contributed by atoms with Crippen molar-refractivity contribution in [3.8, 4) is 0 Å². The zero-order chi connectivity index (χ0) is 21.4. The van der Waals surface area contributed by atoms with Crippen molar-refractivity contribution in [3.63, 3.8) is 0 Å². The Labute approximate surface area is 175 Å². The Hall–Kier alpha value is -1.85. The first-order valence-corrected chi connectivity index (χ1v) is 13.5. The fraction of sp³-hybridized carbons (Fsp3) is 0.542. The third-order valence-electron chi connectivity index (χ3n) is 6.50. The Kier molecular flexibility index (Phi) is 6.11. The van der Waals surface area contributed by atoms with Gasteiger partial charge in [0.05, 0.1) is 12.7 Å². The zero-order valence-electron chi connectivity index (χ0n) is 18.8. The van der Waals surface area contributed by atoms with Gasteiger partial charge in [-0.05, 0) is 49.9 Å². The summed E-state index contributed by atoms with van der Waals surface area (Å²) in [5.41, 5.74) is 3.22. The predicted molar refractivity (Wildman–Crippen MR) is 118 cm³/mol. The van der Waals surface area contributed by atoms with E-state index in [0.29, 0.717) is 18.3 Å². The topological polar surface area (TPSA) is 48.7 Å². The van der Waals surface area contributed by atoms with E-state index in [-0.39, 0.29) is 17.1 Å². The lowest BCUT2D eigenvalue weighted by Crippen LogP contribution is -2.42. The van der Waals surface area contributed by atoms with Crippen LogP contribution >= 0.6 is 0 Å². The maximum atomic E-state index is 12.4. The molecule has 3 rings (SSSR count). The first-order valence-electron chi connectivity index (χ1n) is 10.6. The van der Waals surface area contributed by atoms with Crippen molar-refractivity contribution < 1.29 is 18.4 Å². The number of esters is 1. The normalized spacial score (nSPS) is 19.7. The summed E-state index contributed by atoms with van der Waals surface area (Å²) in [4.78, 5) is 12.4. The lowest BCUT2D eigenvalue weighted by Gasteiger charge is -2.41. The van der Waals surface area contributed by atoms with Gasteiger partial charge in [0.2, 0.25) is 5.76 Å². The van der Waals surface area contributed by atoms with E-state index in [1.807, 2.05) is 19.9 Å². The minimum Gasteiger partial charge on any atom is -0.460 e. The van der Waals surface area contributed by atoms with Gasteiger partial charge in [0.15, 0.2) is 8.32 Å². The van der Waals surface area contributed by atoms with Gasteiger partial charge in [0.25, 0.3) is 0 Å². The standard InChI is InChI=1S/C24H34O4Si/c1-8-26-23(25)22-16(2)21-19(27-22)14-18(17-12-10-9-11-13-17)15-20(21)28-29(6,7)24(3,4)5/h9-13,18,20H,8,14-15H2,1-7H3. The number of ether oxygens (including phenoxy) is 1. The van der Waals surface area contributed by atoms with Gasteiger partial charge in [-0.3, -0.25) is 0 Å². The second kappa shape index (κ2) is 8.11. The number of fused-ring (bicyclic) bond motifs is 1. The summed E-state index contributed by atoms with van der Waals surface area (Å²) in [6.45, 7) is 15.4. The lowest BCUT2D eigenvalue weighted by atomic mass is 9.81. The first-order chi connectivity index (χ1) is 13.5. The van der Waals surface area contributed by atoms with E-state index in [1.165, 1.54) is 5.56 Å². The van der Waals surface area contributed by atoms with Crippen LogP contribution in [0.4, 0.5) is 0 Å². The third kappa shape index (κ3) is 4.36. The molecule has 1 aliphatic rings. The SMILES string of the molecule is CCOC(=O)c1oc2c(c1C)C(O[Si](C)(C)C(C)(C)C)CC(c1ccccc1)C2. The molecule has 1 aromatic carbocycles. The molecule has 0 saturated carbocycles. The fourth-order valence-electron chi connectivity index (χ4n) is 3.85. The van der Waals surface area contributed by atoms with Crippen LogP contribution in [-0.4, -0.2) is 20.9 Å². The average Bonchev–Trinajstić information content (AvgIpc) is 2.98. The Balaban J connectivity index is 2.03. The van der Waals surface area contributed by atoms with E-state index in [9.17, 15) is 4.79 Å². The highest BCUT2D eigenvalue weighted by Gasteiger charge is 2.43. The minimum atomic E-state index is -2.01. The van der Waals surface area contributed by atoms with Crippen molar-refractivity contribution in [1.29, 1.82) is 0 Å². The summed E-state index contributed by atoms with van der Waals surface area (Å²) >= 11 is 0. The van der Waals surface area contributed by atoms with Crippen LogP contribution in [0, 0.1) is 6.92 Å². The number of furan rings is 1. The molecule has 0 fully saturated rings. The summed E-state index contributed by atoms with van der Waals surface area (Å²) in [6.07, 6.45) is 1.60. The molecule has 0 aliphatic heterocycles. The number of carbonyl (C=O) groups is 1. The lowest BCUT2D eigenvalue weighted by molar-refractivity contribution is 0.0486. The molecule has 0 saturated heterocycles. The van der Waals surface area contributed by atoms with Crippen LogP contribution in [0.5, 0.6) is 0 Å². The number of hydrogen-bond donors (Lipinski definition) is 0. The molecule has 2 unspecified atom stereocenters. The molecule has 1 aliphatic carbocycles. The van der Waals surface area contributed by atoms with Gasteiger partial charge in [-0.2, -0.15) is 0 Å². The Morgan fingerprint density at radius 2 is 1.86 bits per heavy atom. The van der Waals surface area contributed by atoms with Crippen LogP contribution in [0.3, 0.4) is 0 Å². The van der Waals surface area contributed by atoms with Crippen LogP contribution in [0.2, 0.25) is 18.1 Å². The third-order valence-corrected chi connectivity index (χ3v) is 11.0. The van der Waals surface area contributed by atoms with Gasteiger partial charge < -0.3 is 13.6 Å². The second-order valence-corrected chi connectivity index (χ2v) is 14.3. The monoisotopic (exact) mass is 414 g/mol. The predicted octanol–water partition coefficient (Wildman–Crippen LogP) is 6.56. The van der Waals surface area contributed by atoms with E-state index in [0.717, 1.165) is 29.7 Å². The highest BCUT2D eigenvalue weighted by molar-refractivity contribution is 6.74. The smallest absolute Gasteiger partial charge is 0.374 e. The summed E-state index contributed by atoms with van der Waals surface area (Å²) in [7, 11) is -2.01. The van der Waals surface area contributed by atoms with Crippen molar-refractivity contribution in [1.82, 2.24) is 0 Å². The van der Waals surface area contributed by atoms with Crippen LogP contribution in [0.25, 0.3) is 0 Å². The molecule has 1 aromatic heterocycles. The first kappa shape index (κ1) is 21.8. The van der Waals surface area contributed by atoms with Crippen molar-refractivity contribution in [2.75, 3.05) is 6.61 Å². The molecule has 5 heteroatoms. The van der Waals surface area contributed by atoms with Gasteiger partial charge >= 0.3 is 5.97 Å². The van der Waals surface area contributed by atoms with Gasteiger partial charge in [0, 0.05) is 17.5 Å². The maximum absolute atomic E-state index is 12.4. The van der Waals surface area contributed by atoms with E-state index in [1.54, 1.807) is 0 Å². The molecular weight excluding hydrogens is 380 g/mol. The van der Waals surface area contributed by atoms with E-state index >= 15 is 0 Å². The summed E-state index contributed by atoms with van der Waals surface area (Å²) in [5, 5.41) is 0.106. The number of benzene rings is 1. The van der Waals surface area contributed by atoms with Crippen molar-refractivity contribution >= 4 is 14.3 Å². The molecule has 158 valence electrons. The molecule has 2 aromatic rings. The number of rotatable bonds is 5. The Morgan fingerprint density at radius 1 is 1.21 bits per heavy atom. The van der Waals surface area contributed by atoms with E-state index < -0.39 is 8.32 Å². The largest absolute Gasteiger partial charge is 0.460 e. The summed E-state index contributed by atoms with van der Waals surface area (Å²) in [6, 6.07) is 10.5. The molecule has 4 nitrogen and oxygen atoms in total. The van der Waals surface area contributed by atoms with Gasteiger partial charge in [-0.25, -0.2) is 4.79 Å². The van der Waals surface area contributed by atoms with Crippen molar-refractivity contribution in [3.05, 3.63) is 58.5 Å². The van der Waals surface area contributed by atoms with Crippen LogP contribution in [-0.2, 0) is 15.6 Å². The average molecular weight is 415 g/mol. The van der Waals surface area contributed by atoms with Crippen LogP contribution in [0.1, 0.15) is 79.1 Å². The van der Waals surface area contributed by atoms with E-state index in [4.69, 9.17) is 13.6 Å². The zero-order valence-corrected chi connectivity index (χ0v) is 19.8. The van der Waals surface area contributed by atoms with Crippen LogP contribution in [0.15, 0.2) is 34.7 Å². The molecule has 2 atom stereocenters. The molecule has 0 radical (unpaired) electrons. The molecule has 29 heavy (non-hydrogen) atoms. The Morgan fingerprint density at radius 3 is 2.45 bits per heavy atom. The molecule has 0 N–H and O–H groups in total. The highest BCUT2D eigenvalue weighted by Crippen LogP contribution is 2.48. The van der Waals surface area contributed by atoms with Gasteiger partial charge in [-0.15, -0.1) is 0 Å². The summed E-state index contributed by atoms with van der Waals surface area (Å²) < 4.78 is 18.2. The molecular formula is C24H34O4Si. The van der Waals surface area contributed by atoms with Gasteiger partial charge in [0.1, 0.15) is 5.76 Å². The second-order valence-electron chi connectivity index (χ2n) is 9.53. The van der Waals surface area contributed by atoms with Crippen LogP contribution < -0.4 is 0 Å². The fourth-order valence-corrected chi connectivity index (χ4v) is 5.13. The van der Waals surface area contributed by atoms with Crippen molar-refractivity contribution in [2.24, 2.45) is 0 Å². The molecule has 0 spiro atoms. The van der Waals surface area contributed by atoms with Gasteiger partial charge in [-0.1, -0.05) is 51.1 Å². The number of hydrogen-bond acceptors (Lipinski definition) is 4. The maximum Gasteiger partial charge on any atom is 0.374 e. The quantitative estimate of drug-likeness (QED) is 0.411. The minimum absolute atomic E-state index is 0.0724. The number of carbonyl (C=O) groups excluding carboxylic acids is 1. The summed E-state index contributed by atoms with van der Waals surface area (Å²) in [5.74, 6) is 1.12.